The molecule has 7 nitrogen and oxygen atoms in total. The number of rotatable bonds is 7. The number of nitrogens with zero attached hydrogens (tertiary/aromatic N) is 1. The van der Waals surface area contributed by atoms with Gasteiger partial charge in [-0.15, -0.1) is 0 Å². The average Bonchev–Trinajstić information content (AvgIpc) is 2.75. The molecule has 174 valence electrons. The topological polar surface area (TPSA) is 84.9 Å². The van der Waals surface area contributed by atoms with Crippen molar-refractivity contribution in [3.63, 3.8) is 0 Å². The molecule has 1 unspecified atom stereocenters. The summed E-state index contributed by atoms with van der Waals surface area (Å²) in [4.78, 5) is 12.7. The Labute approximate surface area is 190 Å². The van der Waals surface area contributed by atoms with Gasteiger partial charge in [-0.3, -0.25) is 4.79 Å². The van der Waals surface area contributed by atoms with Crippen LogP contribution in [0.1, 0.15) is 40.8 Å². The highest BCUT2D eigenvalue weighted by Gasteiger charge is 2.26. The van der Waals surface area contributed by atoms with Crippen LogP contribution in [0, 0.1) is 27.7 Å². The molecule has 1 atom stereocenters. The Morgan fingerprint density at radius 2 is 1.69 bits per heavy atom. The minimum Gasteiger partial charge on any atom is -0.484 e. The van der Waals surface area contributed by atoms with Gasteiger partial charge in [-0.1, -0.05) is 12.1 Å². The summed E-state index contributed by atoms with van der Waals surface area (Å²) in [6.45, 7) is 11.2. The van der Waals surface area contributed by atoms with Crippen molar-refractivity contribution in [1.29, 1.82) is 0 Å². The van der Waals surface area contributed by atoms with Crippen molar-refractivity contribution in [1.82, 2.24) is 9.62 Å². The third-order valence-corrected chi connectivity index (χ3v) is 7.73. The van der Waals surface area contributed by atoms with Crippen LogP contribution in [-0.2, 0) is 19.6 Å². The standard InChI is InChI=1S/C24H32N2O5S/c1-16-12-18(3)22(14-17(16)2)20(5)25-24(27)15-31-23-7-6-21(13-19(23)4)32(28,29)26-8-10-30-11-9-26/h6-7,12-14,20H,8-11,15H2,1-5H3,(H,25,27). The van der Waals surface area contributed by atoms with E-state index >= 15 is 0 Å². The number of hydrogen-bond acceptors (Lipinski definition) is 5. The third-order valence-electron chi connectivity index (χ3n) is 5.84. The number of sulfonamides is 1. The van der Waals surface area contributed by atoms with Crippen molar-refractivity contribution in [2.75, 3.05) is 32.9 Å². The first-order valence-electron chi connectivity index (χ1n) is 10.8. The van der Waals surface area contributed by atoms with E-state index in [1.165, 1.54) is 21.5 Å². The fourth-order valence-electron chi connectivity index (χ4n) is 3.83. The number of ether oxygens (including phenoxy) is 2. The fourth-order valence-corrected chi connectivity index (χ4v) is 5.33. The number of benzene rings is 2. The summed E-state index contributed by atoms with van der Waals surface area (Å²) in [7, 11) is -3.57. The molecule has 3 rings (SSSR count). The molecule has 1 aliphatic heterocycles. The SMILES string of the molecule is Cc1cc(C)c(C(C)NC(=O)COc2ccc(S(=O)(=O)N3CCOCC3)cc2C)cc1C. The van der Waals surface area contributed by atoms with Gasteiger partial charge >= 0.3 is 0 Å². The highest BCUT2D eigenvalue weighted by Crippen LogP contribution is 2.25. The highest BCUT2D eigenvalue weighted by atomic mass is 32.2. The Bertz CT molecular complexity index is 1090. The van der Waals surface area contributed by atoms with Gasteiger partial charge in [-0.05, 0) is 80.6 Å². The largest absolute Gasteiger partial charge is 0.484 e. The third kappa shape index (κ3) is 5.49. The molecule has 1 aliphatic rings. The van der Waals surface area contributed by atoms with Crippen molar-refractivity contribution < 1.29 is 22.7 Å². The molecule has 0 spiro atoms. The van der Waals surface area contributed by atoms with E-state index < -0.39 is 10.0 Å². The monoisotopic (exact) mass is 460 g/mol. The van der Waals surface area contributed by atoms with Crippen LogP contribution >= 0.6 is 0 Å². The summed E-state index contributed by atoms with van der Waals surface area (Å²) in [5.41, 5.74) is 5.28. The maximum absolute atomic E-state index is 12.8. The number of morpholine rings is 1. The maximum Gasteiger partial charge on any atom is 0.258 e. The minimum absolute atomic E-state index is 0.146. The molecule has 0 bridgehead atoms. The first-order chi connectivity index (χ1) is 15.1. The second-order valence-electron chi connectivity index (χ2n) is 8.31. The highest BCUT2D eigenvalue weighted by molar-refractivity contribution is 7.89. The van der Waals surface area contributed by atoms with Crippen LogP contribution < -0.4 is 10.1 Å². The summed E-state index contributed by atoms with van der Waals surface area (Å²) >= 11 is 0. The van der Waals surface area contributed by atoms with Gasteiger partial charge in [0, 0.05) is 13.1 Å². The molecule has 0 saturated carbocycles. The summed E-state index contributed by atoms with van der Waals surface area (Å²) < 4.78 is 38.0. The lowest BCUT2D eigenvalue weighted by molar-refractivity contribution is -0.123. The molecule has 1 amide bonds. The van der Waals surface area contributed by atoms with Crippen molar-refractivity contribution >= 4 is 15.9 Å². The van der Waals surface area contributed by atoms with E-state index in [9.17, 15) is 13.2 Å². The predicted octanol–water partition coefficient (Wildman–Crippen LogP) is 3.20. The van der Waals surface area contributed by atoms with Gasteiger partial charge in [0.15, 0.2) is 6.61 Å². The van der Waals surface area contributed by atoms with E-state index in [2.05, 4.69) is 31.3 Å². The molecule has 1 N–H and O–H groups in total. The van der Waals surface area contributed by atoms with Gasteiger partial charge in [0.25, 0.3) is 5.91 Å². The molecule has 0 aromatic heterocycles. The lowest BCUT2D eigenvalue weighted by atomic mass is 9.96. The van der Waals surface area contributed by atoms with E-state index in [-0.39, 0.29) is 23.5 Å². The van der Waals surface area contributed by atoms with Crippen molar-refractivity contribution in [2.24, 2.45) is 0 Å². The molecule has 1 fully saturated rings. The number of aryl methyl sites for hydroxylation is 4. The van der Waals surface area contributed by atoms with Crippen LogP contribution in [0.15, 0.2) is 35.2 Å². The van der Waals surface area contributed by atoms with E-state index in [1.807, 2.05) is 13.8 Å². The van der Waals surface area contributed by atoms with Crippen LogP contribution in [0.25, 0.3) is 0 Å². The summed E-state index contributed by atoms with van der Waals surface area (Å²) in [6.07, 6.45) is 0. The quantitative estimate of drug-likeness (QED) is 0.686. The number of carbonyl (C=O) groups is 1. The second kappa shape index (κ2) is 10.0. The Hall–Kier alpha value is -2.42. The van der Waals surface area contributed by atoms with E-state index in [1.54, 1.807) is 19.1 Å². The summed E-state index contributed by atoms with van der Waals surface area (Å²) in [6, 6.07) is 8.79. The minimum atomic E-state index is -3.57. The molecule has 32 heavy (non-hydrogen) atoms. The van der Waals surface area contributed by atoms with Crippen molar-refractivity contribution in [2.45, 2.75) is 45.6 Å². The zero-order valence-electron chi connectivity index (χ0n) is 19.4. The molecular formula is C24H32N2O5S. The average molecular weight is 461 g/mol. The van der Waals surface area contributed by atoms with Gasteiger partial charge in [-0.2, -0.15) is 4.31 Å². The maximum atomic E-state index is 12.8. The summed E-state index contributed by atoms with van der Waals surface area (Å²) in [5.74, 6) is 0.246. The predicted molar refractivity (Wildman–Crippen MR) is 123 cm³/mol. The smallest absolute Gasteiger partial charge is 0.258 e. The summed E-state index contributed by atoms with van der Waals surface area (Å²) in [5, 5.41) is 2.97. The fraction of sp³-hybridized carbons (Fsp3) is 0.458. The Morgan fingerprint density at radius 1 is 1.03 bits per heavy atom. The van der Waals surface area contributed by atoms with Gasteiger partial charge in [-0.25, -0.2) is 8.42 Å². The molecule has 2 aromatic carbocycles. The van der Waals surface area contributed by atoms with Crippen LogP contribution in [0.5, 0.6) is 5.75 Å². The normalized spacial score (nSPS) is 15.9. The van der Waals surface area contributed by atoms with Gasteiger partial charge < -0.3 is 14.8 Å². The van der Waals surface area contributed by atoms with Crippen LogP contribution in [-0.4, -0.2) is 51.5 Å². The van der Waals surface area contributed by atoms with Gasteiger partial charge in [0.05, 0.1) is 24.2 Å². The molecule has 8 heteroatoms. The van der Waals surface area contributed by atoms with E-state index in [4.69, 9.17) is 9.47 Å². The second-order valence-corrected chi connectivity index (χ2v) is 10.3. The first-order valence-corrected chi connectivity index (χ1v) is 12.2. The van der Waals surface area contributed by atoms with E-state index in [0.717, 1.165) is 11.1 Å². The van der Waals surface area contributed by atoms with E-state index in [0.29, 0.717) is 37.6 Å². The molecule has 1 heterocycles. The van der Waals surface area contributed by atoms with Crippen molar-refractivity contribution in [3.05, 3.63) is 58.1 Å². The zero-order valence-corrected chi connectivity index (χ0v) is 20.2. The van der Waals surface area contributed by atoms with Gasteiger partial charge in [0.1, 0.15) is 5.75 Å². The molecule has 2 aromatic rings. The Kier molecular flexibility index (Phi) is 7.59. The number of hydrogen-bond donors (Lipinski definition) is 1. The van der Waals surface area contributed by atoms with Crippen LogP contribution in [0.3, 0.4) is 0 Å². The number of carbonyl (C=O) groups excluding carboxylic acids is 1. The Balaban J connectivity index is 1.62. The zero-order chi connectivity index (χ0) is 23.5. The first kappa shape index (κ1) is 24.2. The lowest BCUT2D eigenvalue weighted by Crippen LogP contribution is -2.40. The Morgan fingerprint density at radius 3 is 2.34 bits per heavy atom. The molecule has 1 saturated heterocycles. The lowest BCUT2D eigenvalue weighted by Gasteiger charge is -2.26. The molecular weight excluding hydrogens is 428 g/mol. The molecule has 0 aliphatic carbocycles. The van der Waals surface area contributed by atoms with Crippen LogP contribution in [0.2, 0.25) is 0 Å². The van der Waals surface area contributed by atoms with Crippen molar-refractivity contribution in [3.8, 4) is 5.75 Å². The van der Waals surface area contributed by atoms with Gasteiger partial charge in [0.2, 0.25) is 10.0 Å². The number of nitrogens with one attached hydrogen (secondary N) is 1. The van der Waals surface area contributed by atoms with Crippen LogP contribution in [0.4, 0.5) is 0 Å². The molecule has 0 radical (unpaired) electrons. The number of amides is 1.